The summed E-state index contributed by atoms with van der Waals surface area (Å²) in [5.41, 5.74) is 1.37. The molecule has 29 heavy (non-hydrogen) atoms. The van der Waals surface area contributed by atoms with Crippen LogP contribution in [0.15, 0.2) is 64.3 Å². The van der Waals surface area contributed by atoms with Gasteiger partial charge in [-0.1, -0.05) is 48.7 Å². The van der Waals surface area contributed by atoms with E-state index in [-0.39, 0.29) is 17.7 Å². The Balaban J connectivity index is 1.84. The molecule has 2 aromatic carbocycles. The first-order chi connectivity index (χ1) is 13.8. The van der Waals surface area contributed by atoms with Gasteiger partial charge in [-0.3, -0.25) is 14.4 Å². The van der Waals surface area contributed by atoms with Gasteiger partial charge in [0.25, 0.3) is 15.7 Å². The van der Waals surface area contributed by atoms with Crippen molar-refractivity contribution in [3.8, 4) is 5.69 Å². The summed E-state index contributed by atoms with van der Waals surface area (Å²) in [4.78, 5) is 16.1. The van der Waals surface area contributed by atoms with E-state index in [1.54, 1.807) is 0 Å². The largest absolute Gasteiger partial charge is 0.334 e. The van der Waals surface area contributed by atoms with E-state index in [2.05, 4.69) is 11.7 Å². The van der Waals surface area contributed by atoms with Gasteiger partial charge in [0.05, 0.1) is 32.7 Å². The minimum Gasteiger partial charge on any atom is -0.334 e. The smallest absolute Gasteiger partial charge is 0.281 e. The lowest BCUT2D eigenvalue weighted by molar-refractivity contribution is 0.481. The number of hydrogen-bond acceptors (Lipinski definition) is 5. The number of hydrogen-bond donors (Lipinski definition) is 2. The second-order valence-corrected chi connectivity index (χ2v) is 9.21. The molecule has 0 bridgehead atoms. The maximum Gasteiger partial charge on any atom is 0.281 e. The highest BCUT2D eigenvalue weighted by molar-refractivity contribution is 8.08. The minimum absolute atomic E-state index is 0.223. The molecule has 2 N–H and O–H groups in total. The molecule has 0 amide bonds. The summed E-state index contributed by atoms with van der Waals surface area (Å²) in [6.07, 6.45) is 0.223. The van der Waals surface area contributed by atoms with Gasteiger partial charge in [0.1, 0.15) is 0 Å². The first kappa shape index (κ1) is 19.6. The van der Waals surface area contributed by atoms with Crippen LogP contribution in [0.5, 0.6) is 0 Å². The SMILES string of the molecule is C=c1[nH]n(-c2ccccc2)c(=O)c1=C1Sc2ccccc2N1CCCS(=O)(=O)O. The lowest BCUT2D eigenvalue weighted by Crippen LogP contribution is -2.39. The van der Waals surface area contributed by atoms with Crippen molar-refractivity contribution >= 4 is 39.2 Å². The first-order valence-electron chi connectivity index (χ1n) is 8.94. The molecule has 9 heteroatoms. The third-order valence-corrected chi connectivity index (χ3v) is 6.57. The first-order valence-corrected chi connectivity index (χ1v) is 11.4. The van der Waals surface area contributed by atoms with E-state index in [1.807, 2.05) is 59.5 Å². The molecular formula is C20H19N3O4S2. The van der Waals surface area contributed by atoms with Gasteiger partial charge in [0, 0.05) is 11.4 Å². The van der Waals surface area contributed by atoms with Gasteiger partial charge in [-0.05, 0) is 30.7 Å². The molecule has 0 unspecified atom stereocenters. The van der Waals surface area contributed by atoms with E-state index in [0.29, 0.717) is 27.8 Å². The second kappa shape index (κ2) is 7.58. The summed E-state index contributed by atoms with van der Waals surface area (Å²) in [7, 11) is -4.05. The van der Waals surface area contributed by atoms with Crippen LogP contribution in [0.2, 0.25) is 0 Å². The summed E-state index contributed by atoms with van der Waals surface area (Å²) in [6.45, 7) is 4.36. The van der Waals surface area contributed by atoms with Crippen LogP contribution < -0.4 is 21.0 Å². The number of fused-ring (bicyclic) bond motifs is 1. The van der Waals surface area contributed by atoms with Crippen LogP contribution in [0.1, 0.15) is 6.42 Å². The molecule has 7 nitrogen and oxygen atoms in total. The number of aromatic nitrogens is 2. The number of aromatic amines is 1. The lowest BCUT2D eigenvalue weighted by Gasteiger charge is -2.19. The number of H-pyrrole nitrogens is 1. The molecule has 0 radical (unpaired) electrons. The van der Waals surface area contributed by atoms with Gasteiger partial charge in [-0.2, -0.15) is 8.42 Å². The average molecular weight is 430 g/mol. The van der Waals surface area contributed by atoms with Gasteiger partial charge < -0.3 is 4.90 Å². The third-order valence-electron chi connectivity index (χ3n) is 4.59. The van der Waals surface area contributed by atoms with Gasteiger partial charge in [0.2, 0.25) is 0 Å². The van der Waals surface area contributed by atoms with Crippen LogP contribution in [0, 0.1) is 0 Å². The van der Waals surface area contributed by atoms with Crippen LogP contribution in [0.3, 0.4) is 0 Å². The Morgan fingerprint density at radius 3 is 2.48 bits per heavy atom. The van der Waals surface area contributed by atoms with Crippen LogP contribution in [0.4, 0.5) is 5.69 Å². The van der Waals surface area contributed by atoms with Crippen LogP contribution in [-0.4, -0.2) is 35.0 Å². The molecule has 0 saturated heterocycles. The summed E-state index contributed by atoms with van der Waals surface area (Å²) < 4.78 is 32.8. The quantitative estimate of drug-likeness (QED) is 0.598. The molecule has 1 aromatic heterocycles. The Hall–Kier alpha value is -2.75. The number of nitrogens with zero attached hydrogens (tertiary/aromatic N) is 2. The number of thioether (sulfide) groups is 1. The fourth-order valence-electron chi connectivity index (χ4n) is 3.31. The van der Waals surface area contributed by atoms with Crippen LogP contribution in [0.25, 0.3) is 17.3 Å². The van der Waals surface area contributed by atoms with Crippen molar-refractivity contribution in [2.24, 2.45) is 0 Å². The van der Waals surface area contributed by atoms with Crippen LogP contribution >= 0.6 is 11.8 Å². The molecule has 0 fully saturated rings. The zero-order valence-corrected chi connectivity index (χ0v) is 17.0. The fraction of sp³-hybridized carbons (Fsp3) is 0.150. The summed E-state index contributed by atoms with van der Waals surface area (Å²) in [6, 6.07) is 16.9. The molecule has 2 heterocycles. The Morgan fingerprint density at radius 1 is 1.07 bits per heavy atom. The topological polar surface area (TPSA) is 95.4 Å². The molecule has 0 atom stereocenters. The lowest BCUT2D eigenvalue weighted by atomic mass is 10.2. The van der Waals surface area contributed by atoms with E-state index in [0.717, 1.165) is 10.6 Å². The Kier molecular flexibility index (Phi) is 5.12. The molecule has 0 spiro atoms. The Morgan fingerprint density at radius 2 is 1.76 bits per heavy atom. The van der Waals surface area contributed by atoms with Crippen molar-refractivity contribution < 1.29 is 13.0 Å². The highest BCUT2D eigenvalue weighted by Gasteiger charge is 2.27. The third kappa shape index (κ3) is 3.89. The molecule has 0 aliphatic carbocycles. The van der Waals surface area contributed by atoms with Crippen molar-refractivity contribution in [3.63, 3.8) is 0 Å². The molecule has 4 rings (SSSR count). The van der Waals surface area contributed by atoms with Gasteiger partial charge in [0.15, 0.2) is 0 Å². The number of rotatable bonds is 5. The maximum atomic E-state index is 13.2. The van der Waals surface area contributed by atoms with E-state index >= 15 is 0 Å². The average Bonchev–Trinajstić information content (AvgIpc) is 3.18. The number of nitrogens with one attached hydrogen (secondary N) is 1. The molecule has 3 aromatic rings. The Labute approximate surface area is 171 Å². The monoisotopic (exact) mass is 429 g/mol. The molecule has 0 saturated carbocycles. The number of benzene rings is 2. The van der Waals surface area contributed by atoms with Crippen molar-refractivity contribution in [2.75, 3.05) is 17.2 Å². The predicted octanol–water partition coefficient (Wildman–Crippen LogP) is 1.53. The zero-order valence-electron chi connectivity index (χ0n) is 15.4. The van der Waals surface area contributed by atoms with Gasteiger partial charge >= 0.3 is 0 Å². The maximum absolute atomic E-state index is 13.2. The molecule has 1 aliphatic rings. The molecule has 1 aliphatic heterocycles. The van der Waals surface area contributed by atoms with Crippen molar-refractivity contribution in [2.45, 2.75) is 11.3 Å². The Bertz CT molecular complexity index is 1330. The minimum atomic E-state index is -4.05. The predicted molar refractivity (Wildman–Crippen MR) is 115 cm³/mol. The van der Waals surface area contributed by atoms with Crippen molar-refractivity contribution in [3.05, 3.63) is 75.5 Å². The van der Waals surface area contributed by atoms with E-state index < -0.39 is 10.1 Å². The normalized spacial score (nSPS) is 15.6. The highest BCUT2D eigenvalue weighted by atomic mass is 32.2. The number of anilines is 1. The van der Waals surface area contributed by atoms with Gasteiger partial charge in [-0.25, -0.2) is 4.68 Å². The van der Waals surface area contributed by atoms with E-state index in [1.165, 1.54) is 16.4 Å². The van der Waals surface area contributed by atoms with E-state index in [4.69, 9.17) is 4.55 Å². The molecular weight excluding hydrogens is 410 g/mol. The van der Waals surface area contributed by atoms with Crippen molar-refractivity contribution in [1.29, 1.82) is 0 Å². The standard InChI is InChI=1S/C20H19N3O4S2/c1-14-18(19(24)23(21-14)15-8-3-2-4-9-15)20-22(12-7-13-29(25,26)27)16-10-5-6-11-17(16)28-20/h2-6,8-11,21H,1,7,12-13H2,(H,25,26,27). The highest BCUT2D eigenvalue weighted by Crippen LogP contribution is 2.45. The summed E-state index contributed by atoms with van der Waals surface area (Å²) in [5.74, 6) is -0.345. The van der Waals surface area contributed by atoms with Crippen molar-refractivity contribution in [1.82, 2.24) is 9.78 Å². The fourth-order valence-corrected chi connectivity index (χ4v) is 5.05. The van der Waals surface area contributed by atoms with E-state index in [9.17, 15) is 13.2 Å². The van der Waals surface area contributed by atoms with Gasteiger partial charge in [-0.15, -0.1) is 0 Å². The summed E-state index contributed by atoms with van der Waals surface area (Å²) in [5, 5.41) is 4.65. The van der Waals surface area contributed by atoms with Crippen LogP contribution in [-0.2, 0) is 10.1 Å². The molecule has 150 valence electrons. The zero-order chi connectivity index (χ0) is 20.6. The second-order valence-electron chi connectivity index (χ2n) is 6.61. The summed E-state index contributed by atoms with van der Waals surface area (Å²) >= 11 is 1.45. The number of para-hydroxylation sites is 2.